The number of benzene rings is 1. The first-order valence-corrected chi connectivity index (χ1v) is 9.80. The van der Waals surface area contributed by atoms with Crippen LogP contribution in [-0.2, 0) is 0 Å². The summed E-state index contributed by atoms with van der Waals surface area (Å²) in [6, 6.07) is 10.7. The molecule has 0 unspecified atom stereocenters. The van der Waals surface area contributed by atoms with Crippen molar-refractivity contribution in [3.05, 3.63) is 48.0 Å². The second-order valence-electron chi connectivity index (χ2n) is 8.32. The zero-order valence-electron chi connectivity index (χ0n) is 15.3. The van der Waals surface area contributed by atoms with Crippen molar-refractivity contribution in [2.24, 2.45) is 21.5 Å². The van der Waals surface area contributed by atoms with Gasteiger partial charge >= 0.3 is 0 Å². The van der Waals surface area contributed by atoms with Crippen LogP contribution in [0.15, 0.2) is 52.7 Å². The first-order valence-electron chi connectivity index (χ1n) is 9.80. The van der Waals surface area contributed by atoms with E-state index in [9.17, 15) is 0 Å². The molecule has 5 aliphatic rings. The number of hydrogen-bond acceptors (Lipinski definition) is 5. The van der Waals surface area contributed by atoms with Crippen LogP contribution in [0.3, 0.4) is 0 Å². The van der Waals surface area contributed by atoms with Gasteiger partial charge < -0.3 is 0 Å². The van der Waals surface area contributed by atoms with E-state index in [4.69, 9.17) is 5.10 Å². The summed E-state index contributed by atoms with van der Waals surface area (Å²) in [6.07, 6.45) is 10.1. The van der Waals surface area contributed by atoms with Gasteiger partial charge in [0.2, 0.25) is 0 Å². The third-order valence-corrected chi connectivity index (χ3v) is 6.07. The summed E-state index contributed by atoms with van der Waals surface area (Å²) >= 11 is 0. The summed E-state index contributed by atoms with van der Waals surface area (Å²) in [5.41, 5.74) is 2.46. The molecule has 1 aliphatic carbocycles. The van der Waals surface area contributed by atoms with Crippen molar-refractivity contribution < 1.29 is 0 Å². The van der Waals surface area contributed by atoms with Gasteiger partial charge in [-0.3, -0.25) is 14.7 Å². The molecule has 0 radical (unpaired) electrons. The maximum atomic E-state index is 4.86. The van der Waals surface area contributed by atoms with E-state index in [1.54, 1.807) is 0 Å². The fraction of sp³-hybridized carbons (Fsp3) is 0.524. The molecule has 1 atom stereocenters. The zero-order valence-corrected chi connectivity index (χ0v) is 15.3. The molecule has 4 bridgehead atoms. The second-order valence-corrected chi connectivity index (χ2v) is 8.32. The van der Waals surface area contributed by atoms with Gasteiger partial charge in [-0.1, -0.05) is 42.5 Å². The van der Waals surface area contributed by atoms with Crippen molar-refractivity contribution in [3.63, 3.8) is 0 Å². The number of allylic oxidation sites excluding steroid dienone is 2. The Labute approximate surface area is 155 Å². The van der Waals surface area contributed by atoms with Gasteiger partial charge in [0.25, 0.3) is 0 Å². The van der Waals surface area contributed by atoms with Crippen LogP contribution < -0.4 is 0 Å². The lowest BCUT2D eigenvalue weighted by Crippen LogP contribution is -2.74. The Morgan fingerprint density at radius 2 is 1.65 bits per heavy atom. The predicted molar refractivity (Wildman–Crippen MR) is 105 cm³/mol. The standard InChI is InChI=1S/C21H27N5/c1-3-7-18(8-4-1)11-22-23-20(19-9-5-2-6-10-19)21-12-24-15-25(13-21)17-26(14-21)16-24/h1-3,5-6,9-11,18H,4,7-8,12-17H2/b22-11-,23-20+/t18-/m1/s1. The van der Waals surface area contributed by atoms with Crippen molar-refractivity contribution in [2.45, 2.75) is 19.3 Å². The molecular formula is C21H27N5. The van der Waals surface area contributed by atoms with Crippen molar-refractivity contribution in [2.75, 3.05) is 39.6 Å². The summed E-state index contributed by atoms with van der Waals surface area (Å²) < 4.78 is 0. The highest BCUT2D eigenvalue weighted by atomic mass is 15.5. The average molecular weight is 349 g/mol. The van der Waals surface area contributed by atoms with Gasteiger partial charge in [-0.25, -0.2) is 0 Å². The molecule has 4 aliphatic heterocycles. The van der Waals surface area contributed by atoms with E-state index in [1.807, 2.05) is 0 Å². The molecule has 0 spiro atoms. The smallest absolute Gasteiger partial charge is 0.0802 e. The van der Waals surface area contributed by atoms with E-state index in [0.717, 1.165) is 52.5 Å². The molecule has 1 aromatic carbocycles. The molecule has 0 N–H and O–H groups in total. The SMILES string of the molecule is C1=CC[C@@H](/C=N\N=C(/c2ccccc2)C23CN4CN(CN(C4)C2)C3)CC1. The lowest BCUT2D eigenvalue weighted by Gasteiger charge is -2.60. The molecule has 4 heterocycles. The molecule has 4 fully saturated rings. The number of nitrogens with zero attached hydrogens (tertiary/aromatic N) is 5. The molecular weight excluding hydrogens is 322 g/mol. The number of hydrogen-bond donors (Lipinski definition) is 0. The average Bonchev–Trinajstić information content (AvgIpc) is 2.65. The summed E-state index contributed by atoms with van der Waals surface area (Å²) in [5.74, 6) is 0.536. The lowest BCUT2D eigenvalue weighted by molar-refractivity contribution is -0.149. The van der Waals surface area contributed by atoms with E-state index in [0.29, 0.717) is 5.92 Å². The Morgan fingerprint density at radius 3 is 2.27 bits per heavy atom. The molecule has 0 aromatic heterocycles. The van der Waals surface area contributed by atoms with Crippen LogP contribution in [0.4, 0.5) is 0 Å². The van der Waals surface area contributed by atoms with Gasteiger partial charge in [-0.2, -0.15) is 10.2 Å². The molecule has 6 rings (SSSR count). The van der Waals surface area contributed by atoms with Crippen molar-refractivity contribution in [3.8, 4) is 0 Å². The fourth-order valence-corrected chi connectivity index (χ4v) is 5.15. The molecule has 5 nitrogen and oxygen atoms in total. The summed E-state index contributed by atoms with van der Waals surface area (Å²) in [6.45, 7) is 6.56. The van der Waals surface area contributed by atoms with Gasteiger partial charge in [-0.05, 0) is 30.7 Å². The fourth-order valence-electron chi connectivity index (χ4n) is 5.15. The Morgan fingerprint density at radius 1 is 0.962 bits per heavy atom. The van der Waals surface area contributed by atoms with Crippen molar-refractivity contribution in [1.29, 1.82) is 0 Å². The minimum atomic E-state index is 0.0694. The van der Waals surface area contributed by atoms with Gasteiger partial charge in [0.05, 0.1) is 31.1 Å². The summed E-state index contributed by atoms with van der Waals surface area (Å²) in [4.78, 5) is 7.64. The highest BCUT2D eigenvalue weighted by molar-refractivity contribution is 6.05. The molecule has 26 heavy (non-hydrogen) atoms. The monoisotopic (exact) mass is 349 g/mol. The van der Waals surface area contributed by atoms with E-state index in [-0.39, 0.29) is 5.41 Å². The maximum Gasteiger partial charge on any atom is 0.0802 e. The first-order chi connectivity index (χ1) is 12.8. The van der Waals surface area contributed by atoms with Gasteiger partial charge in [0, 0.05) is 25.8 Å². The summed E-state index contributed by atoms with van der Waals surface area (Å²) in [7, 11) is 0. The van der Waals surface area contributed by atoms with Gasteiger partial charge in [-0.15, -0.1) is 0 Å². The van der Waals surface area contributed by atoms with Gasteiger partial charge in [0.15, 0.2) is 0 Å². The normalized spacial score (nSPS) is 39.0. The van der Waals surface area contributed by atoms with E-state index < -0.39 is 0 Å². The topological polar surface area (TPSA) is 34.4 Å². The van der Waals surface area contributed by atoms with Crippen LogP contribution in [0.2, 0.25) is 0 Å². The molecule has 136 valence electrons. The van der Waals surface area contributed by atoms with E-state index in [2.05, 4.69) is 68.5 Å². The molecule has 5 heteroatoms. The highest BCUT2D eigenvalue weighted by Gasteiger charge is 2.51. The van der Waals surface area contributed by atoms with Gasteiger partial charge in [0.1, 0.15) is 0 Å². The third-order valence-electron chi connectivity index (χ3n) is 6.07. The van der Waals surface area contributed by atoms with Crippen LogP contribution in [-0.4, -0.2) is 66.3 Å². The quantitative estimate of drug-likeness (QED) is 0.476. The Balaban J connectivity index is 1.47. The van der Waals surface area contributed by atoms with Crippen LogP contribution in [0.1, 0.15) is 24.8 Å². The van der Waals surface area contributed by atoms with Crippen LogP contribution in [0, 0.1) is 11.3 Å². The third kappa shape index (κ3) is 3.04. The highest BCUT2D eigenvalue weighted by Crippen LogP contribution is 2.38. The second kappa shape index (κ2) is 6.72. The Hall–Kier alpha value is -1.82. The van der Waals surface area contributed by atoms with Crippen LogP contribution in [0.5, 0.6) is 0 Å². The molecule has 0 saturated carbocycles. The molecule has 4 saturated heterocycles. The van der Waals surface area contributed by atoms with E-state index >= 15 is 0 Å². The summed E-state index contributed by atoms with van der Waals surface area (Å²) in [5, 5.41) is 9.46. The van der Waals surface area contributed by atoms with Crippen molar-refractivity contribution in [1.82, 2.24) is 14.7 Å². The van der Waals surface area contributed by atoms with Crippen molar-refractivity contribution >= 4 is 11.9 Å². The Bertz CT molecular complexity index is 701. The minimum absolute atomic E-state index is 0.0694. The van der Waals surface area contributed by atoms with Crippen LogP contribution >= 0.6 is 0 Å². The largest absolute Gasteiger partial charge is 0.276 e. The molecule has 1 aromatic rings. The molecule has 0 amide bonds. The Kier molecular flexibility index (Phi) is 4.23. The maximum absolute atomic E-state index is 4.86. The lowest BCUT2D eigenvalue weighted by atomic mass is 9.74. The number of rotatable bonds is 4. The first kappa shape index (κ1) is 16.4. The minimum Gasteiger partial charge on any atom is -0.276 e. The van der Waals surface area contributed by atoms with E-state index in [1.165, 1.54) is 17.7 Å². The van der Waals surface area contributed by atoms with Crippen LogP contribution in [0.25, 0.3) is 0 Å². The predicted octanol–water partition coefficient (Wildman–Crippen LogP) is 2.62. The zero-order chi connectivity index (χ0) is 17.4.